The summed E-state index contributed by atoms with van der Waals surface area (Å²) in [6.45, 7) is -0.476. The van der Waals surface area contributed by atoms with E-state index in [1.165, 1.54) is 0 Å². The number of benzene rings is 11. The Bertz CT molecular complexity index is 4430. The second kappa shape index (κ2) is 15.6. The Kier molecular flexibility index (Phi) is 6.80. The summed E-state index contributed by atoms with van der Waals surface area (Å²) in [5, 5.41) is 4.44. The van der Waals surface area contributed by atoms with Crippen LogP contribution in [0.1, 0.15) is 13.7 Å². The molecule has 0 amide bonds. The number of para-hydroxylation sites is 6. The number of fused-ring (bicyclic) bond motifs is 10. The van der Waals surface area contributed by atoms with Crippen molar-refractivity contribution < 1.29 is 13.7 Å². The van der Waals surface area contributed by atoms with Crippen molar-refractivity contribution in [2.45, 2.75) is 0 Å². The van der Waals surface area contributed by atoms with Crippen LogP contribution >= 0.6 is 0 Å². The van der Waals surface area contributed by atoms with Gasteiger partial charge < -0.3 is 18.9 Å². The van der Waals surface area contributed by atoms with Gasteiger partial charge in [0.05, 0.1) is 47.1 Å². The molecule has 0 fully saturated rings. The molecule has 0 radical (unpaired) electrons. The predicted octanol–water partition coefficient (Wildman–Crippen LogP) is 15.3. The summed E-state index contributed by atoms with van der Waals surface area (Å²) >= 11 is 0. The molecular weight excluding hydrogens is 860 g/mol. The van der Waals surface area contributed by atoms with Crippen LogP contribution < -0.4 is 26.2 Å². The van der Waals surface area contributed by atoms with Gasteiger partial charge in [0.15, 0.2) is 0 Å². The molecule has 2 aliphatic heterocycles. The average molecular weight is 913 g/mol. The first-order valence-electron chi connectivity index (χ1n) is 28.7. The van der Waals surface area contributed by atoms with E-state index in [1.54, 1.807) is 0 Å². The average Bonchev–Trinajstić information content (AvgIpc) is 3.69. The third-order valence-corrected chi connectivity index (χ3v) is 14.5. The molecule has 0 unspecified atom stereocenters. The normalized spacial score (nSPS) is 14.7. The lowest BCUT2D eigenvalue weighted by atomic mass is 9.33. The summed E-state index contributed by atoms with van der Waals surface area (Å²) in [5.41, 5.74) is 14.1. The molecule has 0 aliphatic carbocycles. The zero-order chi connectivity index (χ0) is 55.3. The standard InChI is InChI=1S/C66H43BN4/c1-3-20-44(21-4-1)48-24-7-13-30-56(48)70-62-40-38-46(68-58-32-15-9-26-50(58)51-27-10-16-33-59(51)68)42-54(62)67-55-43-47(69-60-34-17-11-28-52(60)53-29-12-18-35-61(53)69)39-41-63(55)71(65-37-19-36-64(70)66(65)67)57-31-14-8-25-49(57)45-22-5-2-6-23-45/h1-43H/i1D,2D,3D,4D,5D,6D,20D,21D,22D,23D. The monoisotopic (exact) mass is 912 g/mol. The van der Waals surface area contributed by atoms with Crippen molar-refractivity contribution in [3.8, 4) is 33.6 Å². The first kappa shape index (κ1) is 30.9. The van der Waals surface area contributed by atoms with Gasteiger partial charge in [0.25, 0.3) is 6.71 Å². The van der Waals surface area contributed by atoms with Gasteiger partial charge in [0.1, 0.15) is 0 Å². The van der Waals surface area contributed by atoms with Gasteiger partial charge in [-0.25, -0.2) is 0 Å². The van der Waals surface area contributed by atoms with Crippen molar-refractivity contribution in [3.63, 3.8) is 0 Å². The third kappa shape index (κ3) is 5.87. The van der Waals surface area contributed by atoms with Gasteiger partial charge in [-0.2, -0.15) is 0 Å². The van der Waals surface area contributed by atoms with Crippen molar-refractivity contribution in [3.05, 3.63) is 261 Å². The fraction of sp³-hybridized carbons (Fsp3) is 0. The van der Waals surface area contributed by atoms with E-state index in [1.807, 2.05) is 54.6 Å². The number of rotatable bonds is 6. The molecule has 0 N–H and O–H groups in total. The van der Waals surface area contributed by atoms with Crippen LogP contribution in [-0.2, 0) is 0 Å². The zero-order valence-electron chi connectivity index (χ0n) is 47.9. The molecule has 4 heterocycles. The molecular formula is C66H43BN4. The SMILES string of the molecule is [2H]c1c([2H])c([2H])c(-c2ccccc2N2c3ccc(-n4c5ccccc5c5ccccc54)cc3B3c4cc(-n5c6ccccc6c6ccccc65)ccc4N(c4ccccc4-c4c([2H])c([2H])c([2H])c([2H])c4[2H])c4cccc2c43)c([2H])c1[2H]. The second-order valence-corrected chi connectivity index (χ2v) is 18.1. The van der Waals surface area contributed by atoms with Crippen LogP contribution in [0.2, 0.25) is 0 Å². The molecule has 11 aromatic carbocycles. The van der Waals surface area contributed by atoms with E-state index >= 15 is 0 Å². The Balaban J connectivity index is 1.08. The highest BCUT2D eigenvalue weighted by molar-refractivity contribution is 7.00. The molecule has 13 aromatic rings. The Labute approximate surface area is 426 Å². The van der Waals surface area contributed by atoms with Gasteiger partial charge in [0.2, 0.25) is 0 Å². The lowest BCUT2D eigenvalue weighted by Gasteiger charge is -2.45. The van der Waals surface area contributed by atoms with Crippen LogP contribution in [0.15, 0.2) is 261 Å². The first-order chi connectivity index (χ1) is 39.4. The molecule has 2 aromatic heterocycles. The molecule has 0 bridgehead atoms. The van der Waals surface area contributed by atoms with Gasteiger partial charge in [-0.1, -0.05) is 176 Å². The van der Waals surface area contributed by atoms with Crippen molar-refractivity contribution >= 4 is 101 Å². The first-order valence-corrected chi connectivity index (χ1v) is 23.7. The number of nitrogens with zero attached hydrogens (tertiary/aromatic N) is 4. The summed E-state index contributed by atoms with van der Waals surface area (Å²) < 4.78 is 94.1. The van der Waals surface area contributed by atoms with Gasteiger partial charge in [-0.15, -0.1) is 0 Å². The van der Waals surface area contributed by atoms with Gasteiger partial charge >= 0.3 is 0 Å². The summed E-state index contributed by atoms with van der Waals surface area (Å²) in [4.78, 5) is 4.30. The van der Waals surface area contributed by atoms with Crippen LogP contribution in [0.25, 0.3) is 77.2 Å². The predicted molar refractivity (Wildman–Crippen MR) is 300 cm³/mol. The van der Waals surface area contributed by atoms with E-state index in [2.05, 4.69) is 165 Å². The number of aromatic nitrogens is 2. The fourth-order valence-corrected chi connectivity index (χ4v) is 11.6. The second-order valence-electron chi connectivity index (χ2n) is 18.1. The molecule has 0 saturated heterocycles. The Morgan fingerprint density at radius 1 is 0.310 bits per heavy atom. The molecule has 2 aliphatic rings. The van der Waals surface area contributed by atoms with Crippen LogP contribution in [0.5, 0.6) is 0 Å². The number of anilines is 6. The van der Waals surface area contributed by atoms with Crippen molar-refractivity contribution in [2.75, 3.05) is 9.80 Å². The highest BCUT2D eigenvalue weighted by Gasteiger charge is 2.44. The smallest absolute Gasteiger partial charge is 0.252 e. The lowest BCUT2D eigenvalue weighted by molar-refractivity contribution is 1.17. The molecule has 0 atom stereocenters. The van der Waals surface area contributed by atoms with Crippen LogP contribution in [0.3, 0.4) is 0 Å². The lowest BCUT2D eigenvalue weighted by Crippen LogP contribution is -2.61. The molecule has 71 heavy (non-hydrogen) atoms. The zero-order valence-corrected chi connectivity index (χ0v) is 37.9. The quantitative estimate of drug-likeness (QED) is 0.155. The highest BCUT2D eigenvalue weighted by atomic mass is 15.2. The molecule has 330 valence electrons. The summed E-state index contributed by atoms with van der Waals surface area (Å²) in [6.07, 6.45) is 0. The Morgan fingerprint density at radius 2 is 0.662 bits per heavy atom. The molecule has 0 saturated carbocycles. The van der Waals surface area contributed by atoms with Gasteiger partial charge in [-0.3, -0.25) is 0 Å². The van der Waals surface area contributed by atoms with Crippen LogP contribution in [0, 0.1) is 0 Å². The van der Waals surface area contributed by atoms with Crippen molar-refractivity contribution in [2.24, 2.45) is 0 Å². The van der Waals surface area contributed by atoms with Crippen LogP contribution in [0.4, 0.5) is 34.1 Å². The fourth-order valence-electron chi connectivity index (χ4n) is 11.6. The Hall–Kier alpha value is -9.32. The molecule has 0 spiro atoms. The van der Waals surface area contributed by atoms with E-state index in [9.17, 15) is 5.48 Å². The van der Waals surface area contributed by atoms with E-state index < -0.39 is 43.0 Å². The van der Waals surface area contributed by atoms with E-state index in [4.69, 9.17) is 8.22 Å². The van der Waals surface area contributed by atoms with Gasteiger partial charge in [0, 0.05) is 66.8 Å². The van der Waals surface area contributed by atoms with E-state index in [-0.39, 0.29) is 35.3 Å². The topological polar surface area (TPSA) is 16.3 Å². The third-order valence-electron chi connectivity index (χ3n) is 14.5. The Morgan fingerprint density at radius 3 is 1.07 bits per heavy atom. The molecule has 5 heteroatoms. The van der Waals surface area contributed by atoms with Crippen molar-refractivity contribution in [1.29, 1.82) is 0 Å². The maximum absolute atomic E-state index is 9.30. The highest BCUT2D eigenvalue weighted by Crippen LogP contribution is 2.49. The summed E-state index contributed by atoms with van der Waals surface area (Å²) in [6, 6.07) is 63.8. The van der Waals surface area contributed by atoms with Crippen molar-refractivity contribution in [1.82, 2.24) is 9.13 Å². The summed E-state index contributed by atoms with van der Waals surface area (Å²) in [5.74, 6) is 0. The van der Waals surface area contributed by atoms with Crippen LogP contribution in [-0.4, -0.2) is 15.8 Å². The maximum atomic E-state index is 9.30. The van der Waals surface area contributed by atoms with E-state index in [0.29, 0.717) is 22.5 Å². The molecule has 15 rings (SSSR count). The minimum atomic E-state index is -0.477. The maximum Gasteiger partial charge on any atom is 0.252 e. The largest absolute Gasteiger partial charge is 0.311 e. The number of hydrogen-bond acceptors (Lipinski definition) is 2. The molecule has 4 nitrogen and oxygen atoms in total. The summed E-state index contributed by atoms with van der Waals surface area (Å²) in [7, 11) is 0. The van der Waals surface area contributed by atoms with Gasteiger partial charge in [-0.05, 0) is 112 Å². The van der Waals surface area contributed by atoms with E-state index in [0.717, 1.165) is 94.1 Å². The minimum Gasteiger partial charge on any atom is -0.311 e. The minimum absolute atomic E-state index is 0.0716. The number of hydrogen-bond donors (Lipinski definition) is 0.